The zero-order valence-corrected chi connectivity index (χ0v) is 8.85. The first-order valence-corrected chi connectivity index (χ1v) is 5.08. The predicted molar refractivity (Wildman–Crippen MR) is 52.5 cm³/mol. The highest BCUT2D eigenvalue weighted by molar-refractivity contribution is 5.37. The first kappa shape index (κ1) is 12.3. The van der Waals surface area contributed by atoms with Gasteiger partial charge < -0.3 is 4.84 Å². The fourth-order valence-corrected chi connectivity index (χ4v) is 1.96. The maximum absolute atomic E-state index is 13.8. The molecule has 0 spiro atoms. The van der Waals surface area contributed by atoms with Crippen LogP contribution in [0, 0.1) is 5.82 Å². The van der Waals surface area contributed by atoms with Gasteiger partial charge in [0.25, 0.3) is 0 Å². The standard InChI is InChI=1S/C11H11F4NO/c12-9-7(10(4-5-10)6-17-16)2-1-3-8(9)11(13,14)15/h1-3H,4-6,16H2. The second-order valence-electron chi connectivity index (χ2n) is 4.26. The lowest BCUT2D eigenvalue weighted by atomic mass is 9.94. The molecule has 0 radical (unpaired) electrons. The van der Waals surface area contributed by atoms with Crippen LogP contribution in [0.2, 0.25) is 0 Å². The van der Waals surface area contributed by atoms with Crippen LogP contribution in [0.4, 0.5) is 17.6 Å². The Kier molecular flexibility index (Phi) is 2.87. The third-order valence-corrected chi connectivity index (χ3v) is 3.09. The van der Waals surface area contributed by atoms with Crippen LogP contribution in [0.3, 0.4) is 0 Å². The molecule has 0 unspecified atom stereocenters. The maximum atomic E-state index is 13.8. The van der Waals surface area contributed by atoms with Gasteiger partial charge in [-0.05, 0) is 24.5 Å². The molecule has 0 aliphatic heterocycles. The van der Waals surface area contributed by atoms with Gasteiger partial charge >= 0.3 is 6.18 Å². The van der Waals surface area contributed by atoms with Crippen LogP contribution in [0.15, 0.2) is 18.2 Å². The summed E-state index contributed by atoms with van der Waals surface area (Å²) in [5.41, 5.74) is -1.88. The van der Waals surface area contributed by atoms with E-state index in [1.54, 1.807) is 0 Å². The van der Waals surface area contributed by atoms with E-state index in [0.29, 0.717) is 12.8 Å². The van der Waals surface area contributed by atoms with Crippen molar-refractivity contribution in [2.24, 2.45) is 5.90 Å². The van der Waals surface area contributed by atoms with Crippen molar-refractivity contribution < 1.29 is 22.4 Å². The van der Waals surface area contributed by atoms with E-state index in [-0.39, 0.29) is 12.2 Å². The molecule has 0 bridgehead atoms. The van der Waals surface area contributed by atoms with Crippen molar-refractivity contribution in [3.05, 3.63) is 35.1 Å². The summed E-state index contributed by atoms with van der Waals surface area (Å²) in [5, 5.41) is 0. The van der Waals surface area contributed by atoms with E-state index in [0.717, 1.165) is 6.07 Å². The smallest absolute Gasteiger partial charge is 0.304 e. The SMILES string of the molecule is NOCC1(c2cccc(C(F)(F)F)c2F)CC1. The summed E-state index contributed by atoms with van der Waals surface area (Å²) in [4.78, 5) is 4.46. The van der Waals surface area contributed by atoms with Crippen molar-refractivity contribution in [1.29, 1.82) is 0 Å². The van der Waals surface area contributed by atoms with Gasteiger partial charge in [0.1, 0.15) is 5.82 Å². The molecule has 0 aromatic heterocycles. The normalized spacial score (nSPS) is 18.2. The van der Waals surface area contributed by atoms with Gasteiger partial charge in [0.05, 0.1) is 12.2 Å². The molecule has 2 rings (SSSR count). The van der Waals surface area contributed by atoms with Gasteiger partial charge in [0, 0.05) is 5.41 Å². The highest BCUT2D eigenvalue weighted by atomic mass is 19.4. The highest BCUT2D eigenvalue weighted by Gasteiger charge is 2.48. The maximum Gasteiger partial charge on any atom is 0.419 e. The zero-order chi connectivity index (χ0) is 12.7. The van der Waals surface area contributed by atoms with Crippen LogP contribution in [0.5, 0.6) is 0 Å². The Morgan fingerprint density at radius 3 is 2.41 bits per heavy atom. The largest absolute Gasteiger partial charge is 0.419 e. The van der Waals surface area contributed by atoms with Gasteiger partial charge in [-0.1, -0.05) is 12.1 Å². The van der Waals surface area contributed by atoms with Crippen LogP contribution in [0.25, 0.3) is 0 Å². The van der Waals surface area contributed by atoms with Gasteiger partial charge in [-0.25, -0.2) is 10.3 Å². The van der Waals surface area contributed by atoms with Crippen LogP contribution in [0.1, 0.15) is 24.0 Å². The van der Waals surface area contributed by atoms with E-state index in [2.05, 4.69) is 4.84 Å². The lowest BCUT2D eigenvalue weighted by Gasteiger charge is -2.17. The van der Waals surface area contributed by atoms with E-state index in [1.807, 2.05) is 0 Å². The quantitative estimate of drug-likeness (QED) is 0.660. The van der Waals surface area contributed by atoms with E-state index in [9.17, 15) is 17.6 Å². The van der Waals surface area contributed by atoms with Gasteiger partial charge in [-0.15, -0.1) is 0 Å². The molecule has 94 valence electrons. The minimum atomic E-state index is -4.68. The van der Waals surface area contributed by atoms with Crippen molar-refractivity contribution in [3.63, 3.8) is 0 Å². The monoisotopic (exact) mass is 249 g/mol. The van der Waals surface area contributed by atoms with Crippen LogP contribution in [-0.2, 0) is 16.4 Å². The van der Waals surface area contributed by atoms with E-state index >= 15 is 0 Å². The molecule has 6 heteroatoms. The lowest BCUT2D eigenvalue weighted by molar-refractivity contribution is -0.140. The molecule has 0 amide bonds. The molecular formula is C11H11F4NO. The van der Waals surface area contributed by atoms with Gasteiger partial charge in [-0.2, -0.15) is 13.2 Å². The zero-order valence-electron chi connectivity index (χ0n) is 8.85. The van der Waals surface area contributed by atoms with Crippen LogP contribution < -0.4 is 5.90 Å². The average molecular weight is 249 g/mol. The Morgan fingerprint density at radius 1 is 1.29 bits per heavy atom. The van der Waals surface area contributed by atoms with Crippen molar-refractivity contribution in [2.75, 3.05) is 6.61 Å². The molecular weight excluding hydrogens is 238 g/mol. The summed E-state index contributed by atoms with van der Waals surface area (Å²) in [6.45, 7) is 0.0330. The Bertz CT molecular complexity index is 426. The fourth-order valence-electron chi connectivity index (χ4n) is 1.96. The van der Waals surface area contributed by atoms with Gasteiger partial charge in [0.2, 0.25) is 0 Å². The number of benzene rings is 1. The van der Waals surface area contributed by atoms with E-state index in [1.165, 1.54) is 12.1 Å². The minimum absolute atomic E-state index is 0.0330. The number of hydrogen-bond acceptors (Lipinski definition) is 2. The summed E-state index contributed by atoms with van der Waals surface area (Å²) in [6, 6.07) is 3.30. The molecule has 0 saturated heterocycles. The topological polar surface area (TPSA) is 35.2 Å². The molecule has 1 fully saturated rings. The molecule has 1 saturated carbocycles. The molecule has 1 aromatic rings. The van der Waals surface area contributed by atoms with Gasteiger partial charge in [0.15, 0.2) is 0 Å². The van der Waals surface area contributed by atoms with Gasteiger partial charge in [-0.3, -0.25) is 0 Å². The molecule has 17 heavy (non-hydrogen) atoms. The molecule has 0 atom stereocenters. The first-order chi connectivity index (χ1) is 7.91. The molecule has 1 aliphatic carbocycles. The number of halogens is 4. The Hall–Kier alpha value is -1.14. The molecule has 2 N–H and O–H groups in total. The summed E-state index contributed by atoms with van der Waals surface area (Å²) in [6.07, 6.45) is -3.51. The summed E-state index contributed by atoms with van der Waals surface area (Å²) >= 11 is 0. The van der Waals surface area contributed by atoms with E-state index in [4.69, 9.17) is 5.90 Å². The van der Waals surface area contributed by atoms with Crippen LogP contribution >= 0.6 is 0 Å². The Labute approximate surface area is 95.3 Å². The minimum Gasteiger partial charge on any atom is -0.304 e. The lowest BCUT2D eigenvalue weighted by Crippen LogP contribution is -2.21. The van der Waals surface area contributed by atoms with Crippen molar-refractivity contribution >= 4 is 0 Å². The predicted octanol–water partition coefficient (Wildman–Crippen LogP) is 2.77. The van der Waals surface area contributed by atoms with E-state index < -0.39 is 23.0 Å². The van der Waals surface area contributed by atoms with Crippen molar-refractivity contribution in [2.45, 2.75) is 24.4 Å². The van der Waals surface area contributed by atoms with Crippen LogP contribution in [-0.4, -0.2) is 6.61 Å². The summed E-state index contributed by atoms with van der Waals surface area (Å²) < 4.78 is 51.4. The Balaban J connectivity index is 2.44. The number of rotatable bonds is 3. The van der Waals surface area contributed by atoms with Crippen molar-refractivity contribution in [1.82, 2.24) is 0 Å². The number of nitrogens with two attached hydrogens (primary N) is 1. The summed E-state index contributed by atoms with van der Waals surface area (Å²) in [7, 11) is 0. The second-order valence-corrected chi connectivity index (χ2v) is 4.26. The Morgan fingerprint density at radius 2 is 1.94 bits per heavy atom. The first-order valence-electron chi connectivity index (χ1n) is 5.08. The molecule has 1 aromatic carbocycles. The highest BCUT2D eigenvalue weighted by Crippen LogP contribution is 2.50. The molecule has 2 nitrogen and oxygen atoms in total. The summed E-state index contributed by atoms with van der Waals surface area (Å²) in [5.74, 6) is 3.71. The average Bonchev–Trinajstić information content (AvgIpc) is 2.98. The molecule has 0 heterocycles. The fraction of sp³-hybridized carbons (Fsp3) is 0.455. The second kappa shape index (κ2) is 3.96. The number of hydrogen-bond donors (Lipinski definition) is 1. The molecule has 1 aliphatic rings. The van der Waals surface area contributed by atoms with Crippen molar-refractivity contribution in [3.8, 4) is 0 Å². The number of alkyl halides is 3. The third-order valence-electron chi connectivity index (χ3n) is 3.09. The third kappa shape index (κ3) is 2.14.